The van der Waals surface area contributed by atoms with Crippen molar-refractivity contribution in [2.24, 2.45) is 17.8 Å². The highest BCUT2D eigenvalue weighted by Gasteiger charge is 2.36. The monoisotopic (exact) mass is 289 g/mol. The number of likely N-dealkylation sites (N-methyl/N-ethyl adjacent to an activating group) is 1. The number of rotatable bonds is 3. The van der Waals surface area contributed by atoms with Crippen molar-refractivity contribution in [2.45, 2.75) is 45.3 Å². The zero-order chi connectivity index (χ0) is 14.8. The third-order valence-electron chi connectivity index (χ3n) is 5.41. The third kappa shape index (κ3) is 3.03. The van der Waals surface area contributed by atoms with Crippen LogP contribution < -0.4 is 14.8 Å². The quantitative estimate of drug-likeness (QED) is 0.924. The first-order valence-electron chi connectivity index (χ1n) is 8.24. The zero-order valence-corrected chi connectivity index (χ0v) is 13.3. The molecule has 5 unspecified atom stereocenters. The van der Waals surface area contributed by atoms with E-state index in [-0.39, 0.29) is 6.10 Å². The van der Waals surface area contributed by atoms with Crippen LogP contribution in [0.15, 0.2) is 24.3 Å². The molecule has 1 fully saturated rings. The van der Waals surface area contributed by atoms with Gasteiger partial charge in [-0.2, -0.15) is 0 Å². The van der Waals surface area contributed by atoms with Crippen molar-refractivity contribution in [1.82, 2.24) is 5.32 Å². The van der Waals surface area contributed by atoms with Crippen LogP contribution in [-0.2, 0) is 0 Å². The van der Waals surface area contributed by atoms with Gasteiger partial charge in [-0.1, -0.05) is 32.4 Å². The van der Waals surface area contributed by atoms with E-state index in [0.29, 0.717) is 18.6 Å². The van der Waals surface area contributed by atoms with Crippen molar-refractivity contribution < 1.29 is 9.47 Å². The average Bonchev–Trinajstić information content (AvgIpc) is 2.51. The fraction of sp³-hybridized carbons (Fsp3) is 0.667. The predicted molar refractivity (Wildman–Crippen MR) is 84.9 cm³/mol. The van der Waals surface area contributed by atoms with Crippen molar-refractivity contribution in [3.63, 3.8) is 0 Å². The van der Waals surface area contributed by atoms with Crippen molar-refractivity contribution in [3.8, 4) is 11.5 Å². The summed E-state index contributed by atoms with van der Waals surface area (Å²) in [4.78, 5) is 0. The van der Waals surface area contributed by atoms with Crippen LogP contribution in [0.1, 0.15) is 33.1 Å². The summed E-state index contributed by atoms with van der Waals surface area (Å²) >= 11 is 0. The molecule has 0 aromatic heterocycles. The molecule has 1 aromatic carbocycles. The third-order valence-corrected chi connectivity index (χ3v) is 5.41. The fourth-order valence-corrected chi connectivity index (χ4v) is 3.85. The molecule has 1 heterocycles. The Labute approximate surface area is 128 Å². The molecular weight excluding hydrogens is 262 g/mol. The van der Waals surface area contributed by atoms with E-state index in [4.69, 9.17) is 9.47 Å². The molecule has 1 aromatic rings. The molecule has 1 aliphatic heterocycles. The van der Waals surface area contributed by atoms with Gasteiger partial charge >= 0.3 is 0 Å². The van der Waals surface area contributed by atoms with Gasteiger partial charge in [0.2, 0.25) is 0 Å². The van der Waals surface area contributed by atoms with E-state index in [0.717, 1.165) is 23.3 Å². The minimum Gasteiger partial charge on any atom is -0.486 e. The Morgan fingerprint density at radius 3 is 2.57 bits per heavy atom. The first kappa shape index (κ1) is 14.7. The molecule has 116 valence electrons. The molecular formula is C18H27NO2. The Morgan fingerprint density at radius 1 is 1.10 bits per heavy atom. The SMILES string of the molecule is CNC(C1CCC(C)C(C)C1)C1COc2ccccc2O1. The van der Waals surface area contributed by atoms with E-state index in [1.54, 1.807) is 0 Å². The van der Waals surface area contributed by atoms with Crippen molar-refractivity contribution in [1.29, 1.82) is 0 Å². The molecule has 1 N–H and O–H groups in total. The van der Waals surface area contributed by atoms with Gasteiger partial charge in [-0.25, -0.2) is 0 Å². The van der Waals surface area contributed by atoms with Crippen LogP contribution in [0.4, 0.5) is 0 Å². The molecule has 3 heteroatoms. The van der Waals surface area contributed by atoms with Crippen LogP contribution in [0, 0.1) is 17.8 Å². The Hall–Kier alpha value is -1.22. The van der Waals surface area contributed by atoms with Crippen LogP contribution in [0.5, 0.6) is 11.5 Å². The van der Waals surface area contributed by atoms with Gasteiger partial charge in [-0.15, -0.1) is 0 Å². The second-order valence-corrected chi connectivity index (χ2v) is 6.76. The highest BCUT2D eigenvalue weighted by atomic mass is 16.6. The highest BCUT2D eigenvalue weighted by molar-refractivity contribution is 5.40. The molecule has 5 atom stereocenters. The number of ether oxygens (including phenoxy) is 2. The number of nitrogens with one attached hydrogen (secondary N) is 1. The molecule has 2 aliphatic rings. The Bertz CT molecular complexity index is 476. The first-order chi connectivity index (χ1) is 10.2. The minimum absolute atomic E-state index is 0.107. The number of hydrogen-bond donors (Lipinski definition) is 1. The number of benzene rings is 1. The molecule has 1 aliphatic carbocycles. The fourth-order valence-electron chi connectivity index (χ4n) is 3.85. The van der Waals surface area contributed by atoms with Gasteiger partial charge in [-0.05, 0) is 49.8 Å². The maximum atomic E-state index is 6.21. The van der Waals surface area contributed by atoms with Gasteiger partial charge in [0.1, 0.15) is 12.7 Å². The van der Waals surface area contributed by atoms with Crippen LogP contribution in [0.3, 0.4) is 0 Å². The second kappa shape index (κ2) is 6.27. The first-order valence-corrected chi connectivity index (χ1v) is 8.24. The van der Waals surface area contributed by atoms with Crippen LogP contribution in [-0.4, -0.2) is 25.8 Å². The van der Waals surface area contributed by atoms with Crippen LogP contribution in [0.2, 0.25) is 0 Å². The topological polar surface area (TPSA) is 30.5 Å². The van der Waals surface area contributed by atoms with E-state index < -0.39 is 0 Å². The number of hydrogen-bond acceptors (Lipinski definition) is 3. The van der Waals surface area contributed by atoms with Crippen molar-refractivity contribution >= 4 is 0 Å². The van der Waals surface area contributed by atoms with Crippen molar-refractivity contribution in [3.05, 3.63) is 24.3 Å². The molecule has 0 spiro atoms. The molecule has 3 nitrogen and oxygen atoms in total. The van der Waals surface area contributed by atoms with Gasteiger partial charge in [0, 0.05) is 0 Å². The smallest absolute Gasteiger partial charge is 0.161 e. The lowest BCUT2D eigenvalue weighted by atomic mass is 9.72. The van der Waals surface area contributed by atoms with Gasteiger partial charge in [-0.3, -0.25) is 0 Å². The molecule has 21 heavy (non-hydrogen) atoms. The Morgan fingerprint density at radius 2 is 1.86 bits per heavy atom. The largest absolute Gasteiger partial charge is 0.486 e. The average molecular weight is 289 g/mol. The maximum Gasteiger partial charge on any atom is 0.161 e. The zero-order valence-electron chi connectivity index (χ0n) is 13.3. The van der Waals surface area contributed by atoms with E-state index in [1.165, 1.54) is 19.3 Å². The summed E-state index contributed by atoms with van der Waals surface area (Å²) in [5.41, 5.74) is 0. The van der Waals surface area contributed by atoms with Crippen molar-refractivity contribution in [2.75, 3.05) is 13.7 Å². The summed E-state index contributed by atoms with van der Waals surface area (Å²) in [6, 6.07) is 8.34. The molecule has 0 saturated heterocycles. The number of para-hydroxylation sites is 2. The van der Waals surface area contributed by atoms with Gasteiger partial charge < -0.3 is 14.8 Å². The van der Waals surface area contributed by atoms with Crippen LogP contribution >= 0.6 is 0 Å². The highest BCUT2D eigenvalue weighted by Crippen LogP contribution is 2.38. The van der Waals surface area contributed by atoms with E-state index in [2.05, 4.69) is 26.2 Å². The lowest BCUT2D eigenvalue weighted by Gasteiger charge is -2.41. The standard InChI is InChI=1S/C18H27NO2/c1-12-8-9-14(10-13(12)2)18(19-3)17-11-20-15-6-4-5-7-16(15)21-17/h4-7,12-14,17-19H,8-11H2,1-3H3. The van der Waals surface area contributed by atoms with E-state index >= 15 is 0 Å². The summed E-state index contributed by atoms with van der Waals surface area (Å²) in [5, 5.41) is 3.50. The number of fused-ring (bicyclic) bond motifs is 1. The Balaban J connectivity index is 1.70. The molecule has 3 rings (SSSR count). The molecule has 0 amide bonds. The lowest BCUT2D eigenvalue weighted by molar-refractivity contribution is 0.0299. The normalized spacial score (nSPS) is 33.5. The summed E-state index contributed by atoms with van der Waals surface area (Å²) in [6.07, 6.45) is 4.01. The summed E-state index contributed by atoms with van der Waals surface area (Å²) in [5.74, 6) is 4.08. The van der Waals surface area contributed by atoms with Crippen LogP contribution in [0.25, 0.3) is 0 Å². The molecule has 0 bridgehead atoms. The second-order valence-electron chi connectivity index (χ2n) is 6.76. The summed E-state index contributed by atoms with van der Waals surface area (Å²) in [6.45, 7) is 5.41. The lowest BCUT2D eigenvalue weighted by Crippen LogP contribution is -2.51. The Kier molecular flexibility index (Phi) is 4.39. The predicted octanol–water partition coefficient (Wildman–Crippen LogP) is 3.49. The van der Waals surface area contributed by atoms with E-state index in [1.807, 2.05) is 24.3 Å². The van der Waals surface area contributed by atoms with Gasteiger partial charge in [0.15, 0.2) is 11.5 Å². The molecule has 1 saturated carbocycles. The molecule has 0 radical (unpaired) electrons. The summed E-state index contributed by atoms with van der Waals surface area (Å²) in [7, 11) is 2.05. The summed E-state index contributed by atoms with van der Waals surface area (Å²) < 4.78 is 12.1. The minimum atomic E-state index is 0.107. The van der Waals surface area contributed by atoms with Gasteiger partial charge in [0.25, 0.3) is 0 Å². The van der Waals surface area contributed by atoms with E-state index in [9.17, 15) is 0 Å². The maximum absolute atomic E-state index is 6.21. The van der Waals surface area contributed by atoms with Gasteiger partial charge in [0.05, 0.1) is 6.04 Å².